The number of aliphatic hydroxyl groups excluding tert-OH is 2. The van der Waals surface area contributed by atoms with E-state index in [2.05, 4.69) is 0 Å². The molecule has 2 aromatic rings. The molecule has 2 rings (SSSR count). The molecule has 0 saturated heterocycles. The van der Waals surface area contributed by atoms with Crippen LogP contribution in [0.5, 0.6) is 17.2 Å². The van der Waals surface area contributed by atoms with Crippen LogP contribution < -0.4 is 11.5 Å². The summed E-state index contributed by atoms with van der Waals surface area (Å²) in [6, 6.07) is 10.5. The lowest BCUT2D eigenvalue weighted by molar-refractivity contribution is 0.186. The Hall–Kier alpha value is -2.32. The van der Waals surface area contributed by atoms with Crippen LogP contribution in [0.1, 0.15) is 23.3 Å². The van der Waals surface area contributed by atoms with Crippen LogP contribution >= 0.6 is 0 Å². The van der Waals surface area contributed by atoms with Crippen molar-refractivity contribution in [3.05, 3.63) is 53.6 Å². The highest BCUT2D eigenvalue weighted by atomic mass is 16.3. The lowest BCUT2D eigenvalue weighted by Gasteiger charge is -2.08. The van der Waals surface area contributed by atoms with Crippen LogP contribution in [0.15, 0.2) is 42.5 Å². The van der Waals surface area contributed by atoms with E-state index in [1.54, 1.807) is 18.2 Å². The average molecular weight is 322 g/mol. The van der Waals surface area contributed by atoms with Gasteiger partial charge in [-0.3, -0.25) is 0 Å². The zero-order valence-corrected chi connectivity index (χ0v) is 12.5. The quantitative estimate of drug-likeness (QED) is 0.404. The first kappa shape index (κ1) is 18.7. The van der Waals surface area contributed by atoms with Crippen LogP contribution in [0.3, 0.4) is 0 Å². The molecule has 0 aromatic heterocycles. The first-order chi connectivity index (χ1) is 10.9. The van der Waals surface area contributed by atoms with Gasteiger partial charge >= 0.3 is 0 Å². The first-order valence-electron chi connectivity index (χ1n) is 6.96. The van der Waals surface area contributed by atoms with Crippen LogP contribution in [-0.4, -0.2) is 38.6 Å². The van der Waals surface area contributed by atoms with Crippen molar-refractivity contribution in [2.75, 3.05) is 13.1 Å². The lowest BCUT2D eigenvalue weighted by atomic mass is 10.1. The first-order valence-corrected chi connectivity index (χ1v) is 6.96. The molecular weight excluding hydrogens is 300 g/mol. The van der Waals surface area contributed by atoms with Crippen molar-refractivity contribution in [2.24, 2.45) is 11.5 Å². The van der Waals surface area contributed by atoms with Crippen LogP contribution in [-0.2, 0) is 0 Å². The summed E-state index contributed by atoms with van der Waals surface area (Å²) < 4.78 is 0. The molecule has 0 aliphatic heterocycles. The Morgan fingerprint density at radius 2 is 1.30 bits per heavy atom. The molecule has 0 bridgehead atoms. The normalized spacial score (nSPS) is 12.9. The molecule has 7 heteroatoms. The molecule has 7 nitrogen and oxygen atoms in total. The molecule has 0 spiro atoms. The highest BCUT2D eigenvalue weighted by Crippen LogP contribution is 2.27. The number of hydrogen-bond donors (Lipinski definition) is 7. The largest absolute Gasteiger partial charge is 0.508 e. The van der Waals surface area contributed by atoms with Crippen LogP contribution in [0.4, 0.5) is 0 Å². The number of aliphatic hydroxyl groups is 2. The summed E-state index contributed by atoms with van der Waals surface area (Å²) in [5.74, 6) is -0.307. The minimum Gasteiger partial charge on any atom is -0.508 e. The maximum absolute atomic E-state index is 9.23. The maximum atomic E-state index is 9.23. The minimum absolute atomic E-state index is 0.0875. The summed E-state index contributed by atoms with van der Waals surface area (Å²) in [6.07, 6.45) is -1.47. The van der Waals surface area contributed by atoms with E-state index in [1.165, 1.54) is 24.3 Å². The topological polar surface area (TPSA) is 153 Å². The molecule has 0 saturated carbocycles. The Morgan fingerprint density at radius 3 is 1.78 bits per heavy atom. The monoisotopic (exact) mass is 322 g/mol. The number of benzene rings is 2. The molecule has 0 fully saturated rings. The highest BCUT2D eigenvalue weighted by molar-refractivity contribution is 5.41. The van der Waals surface area contributed by atoms with E-state index in [-0.39, 0.29) is 30.3 Å². The number of hydrogen-bond acceptors (Lipinski definition) is 7. The third-order valence-corrected chi connectivity index (χ3v) is 3.09. The van der Waals surface area contributed by atoms with E-state index in [0.29, 0.717) is 11.1 Å². The SMILES string of the molecule is NCC(O)c1cccc(O)c1.NC[C@H](O)c1ccc(O)c(O)c1. The van der Waals surface area contributed by atoms with Crippen molar-refractivity contribution in [1.29, 1.82) is 0 Å². The maximum Gasteiger partial charge on any atom is 0.157 e. The van der Waals surface area contributed by atoms with Crippen molar-refractivity contribution < 1.29 is 25.5 Å². The standard InChI is InChI=1S/C8H11NO3.C8H11NO2/c9-4-8(12)5-1-2-6(10)7(11)3-5;9-5-8(11)6-2-1-3-7(10)4-6/h1-3,8,10-12H,4,9H2;1-4,8,10-11H,5,9H2/t8-;/m0./s1. The van der Waals surface area contributed by atoms with E-state index in [0.717, 1.165) is 0 Å². The Morgan fingerprint density at radius 1 is 0.739 bits per heavy atom. The number of nitrogens with two attached hydrogens (primary N) is 2. The highest BCUT2D eigenvalue weighted by Gasteiger charge is 2.07. The number of rotatable bonds is 4. The van der Waals surface area contributed by atoms with Gasteiger partial charge in [0.2, 0.25) is 0 Å². The van der Waals surface area contributed by atoms with Gasteiger partial charge < -0.3 is 37.0 Å². The number of phenolic OH excluding ortho intramolecular Hbond substituents is 3. The minimum atomic E-state index is -0.795. The Labute approximate surface area is 134 Å². The van der Waals surface area contributed by atoms with Gasteiger partial charge in [-0.2, -0.15) is 0 Å². The van der Waals surface area contributed by atoms with E-state index in [9.17, 15) is 10.2 Å². The summed E-state index contributed by atoms with van der Waals surface area (Å²) in [7, 11) is 0. The third-order valence-electron chi connectivity index (χ3n) is 3.09. The van der Waals surface area contributed by atoms with Crippen molar-refractivity contribution in [2.45, 2.75) is 12.2 Å². The van der Waals surface area contributed by atoms with Gasteiger partial charge in [0.15, 0.2) is 11.5 Å². The van der Waals surface area contributed by atoms with Gasteiger partial charge in [-0.25, -0.2) is 0 Å². The number of phenols is 3. The molecule has 2 aromatic carbocycles. The van der Waals surface area contributed by atoms with E-state index in [1.807, 2.05) is 0 Å². The second-order valence-corrected chi connectivity index (χ2v) is 4.85. The lowest BCUT2D eigenvalue weighted by Crippen LogP contribution is -2.11. The molecule has 0 aliphatic rings. The molecule has 23 heavy (non-hydrogen) atoms. The predicted octanol–water partition coefficient (Wildman–Crippen LogP) is 0.474. The van der Waals surface area contributed by atoms with Crippen LogP contribution in [0, 0.1) is 0 Å². The Bertz CT molecular complexity index is 621. The van der Waals surface area contributed by atoms with E-state index >= 15 is 0 Å². The van der Waals surface area contributed by atoms with Gasteiger partial charge in [-0.15, -0.1) is 0 Å². The molecule has 0 amide bonds. The molecule has 0 heterocycles. The molecule has 9 N–H and O–H groups in total. The summed E-state index contributed by atoms with van der Waals surface area (Å²) >= 11 is 0. The Balaban J connectivity index is 0.000000231. The molecular formula is C16H22N2O5. The molecule has 0 radical (unpaired) electrons. The van der Waals surface area contributed by atoms with Gasteiger partial charge in [0.25, 0.3) is 0 Å². The van der Waals surface area contributed by atoms with Crippen LogP contribution in [0.25, 0.3) is 0 Å². The number of aromatic hydroxyl groups is 3. The second kappa shape index (κ2) is 8.96. The van der Waals surface area contributed by atoms with Gasteiger partial charge in [-0.1, -0.05) is 18.2 Å². The summed E-state index contributed by atoms with van der Waals surface area (Å²) in [4.78, 5) is 0. The molecule has 0 aliphatic carbocycles. The zero-order valence-electron chi connectivity index (χ0n) is 12.5. The zero-order chi connectivity index (χ0) is 17.4. The molecule has 1 unspecified atom stereocenters. The van der Waals surface area contributed by atoms with Crippen molar-refractivity contribution in [3.63, 3.8) is 0 Å². The second-order valence-electron chi connectivity index (χ2n) is 4.85. The summed E-state index contributed by atoms with van der Waals surface area (Å²) in [6.45, 7) is 0.258. The fourth-order valence-corrected chi connectivity index (χ4v) is 1.75. The predicted molar refractivity (Wildman–Crippen MR) is 85.9 cm³/mol. The third kappa shape index (κ3) is 5.76. The molecule has 2 atom stereocenters. The van der Waals surface area contributed by atoms with E-state index < -0.39 is 12.2 Å². The smallest absolute Gasteiger partial charge is 0.157 e. The average Bonchev–Trinajstić information content (AvgIpc) is 2.56. The van der Waals surface area contributed by atoms with Crippen molar-refractivity contribution in [1.82, 2.24) is 0 Å². The molecule has 126 valence electrons. The fourth-order valence-electron chi connectivity index (χ4n) is 1.75. The van der Waals surface area contributed by atoms with Gasteiger partial charge in [0.1, 0.15) is 5.75 Å². The van der Waals surface area contributed by atoms with Crippen molar-refractivity contribution in [3.8, 4) is 17.2 Å². The van der Waals surface area contributed by atoms with Gasteiger partial charge in [0.05, 0.1) is 12.2 Å². The van der Waals surface area contributed by atoms with Crippen molar-refractivity contribution >= 4 is 0 Å². The fraction of sp³-hybridized carbons (Fsp3) is 0.250. The van der Waals surface area contributed by atoms with Gasteiger partial charge in [-0.05, 0) is 35.4 Å². The summed E-state index contributed by atoms with van der Waals surface area (Å²) in [5, 5.41) is 45.4. The van der Waals surface area contributed by atoms with E-state index in [4.69, 9.17) is 26.8 Å². The van der Waals surface area contributed by atoms with Gasteiger partial charge in [0, 0.05) is 13.1 Å². The summed E-state index contributed by atoms with van der Waals surface area (Å²) in [5.41, 5.74) is 11.6. The van der Waals surface area contributed by atoms with Crippen LogP contribution in [0.2, 0.25) is 0 Å². The Kier molecular flexibility index (Phi) is 7.30.